The Labute approximate surface area is 136 Å². The first-order chi connectivity index (χ1) is 11.3. The molecule has 1 aromatic carbocycles. The van der Waals surface area contributed by atoms with Gasteiger partial charge in [0, 0.05) is 29.0 Å². The summed E-state index contributed by atoms with van der Waals surface area (Å²) in [4.78, 5) is 5.03. The first-order valence-corrected chi connectivity index (χ1v) is 8.19. The van der Waals surface area contributed by atoms with E-state index in [1.807, 2.05) is 24.4 Å². The average Bonchev–Trinajstić information content (AvgIpc) is 3.16. The van der Waals surface area contributed by atoms with Gasteiger partial charge < -0.3 is 15.6 Å². The van der Waals surface area contributed by atoms with E-state index < -0.39 is 0 Å². The highest BCUT2D eigenvalue weighted by Gasteiger charge is 2.19. The minimum atomic E-state index is -0.00601. The molecule has 6 heteroatoms. The quantitative estimate of drug-likeness (QED) is 0.507. The van der Waals surface area contributed by atoms with Gasteiger partial charge in [-0.05, 0) is 36.6 Å². The third kappa shape index (κ3) is 2.36. The van der Waals surface area contributed by atoms with Crippen molar-refractivity contribution in [3.63, 3.8) is 0 Å². The molecule has 0 saturated heterocycles. The number of pyridine rings is 1. The first-order valence-electron chi connectivity index (χ1n) is 7.37. The molecule has 0 saturated carbocycles. The molecule has 0 unspecified atom stereocenters. The van der Waals surface area contributed by atoms with Crippen LogP contribution in [0.5, 0.6) is 0 Å². The van der Waals surface area contributed by atoms with Gasteiger partial charge in [0.2, 0.25) is 0 Å². The van der Waals surface area contributed by atoms with Crippen molar-refractivity contribution in [1.82, 2.24) is 4.98 Å². The van der Waals surface area contributed by atoms with Crippen molar-refractivity contribution in [1.29, 1.82) is 0 Å². The van der Waals surface area contributed by atoms with E-state index in [9.17, 15) is 5.11 Å². The van der Waals surface area contributed by atoms with Crippen LogP contribution in [0, 0.1) is 0 Å². The molecule has 0 amide bonds. The van der Waals surface area contributed by atoms with E-state index >= 15 is 0 Å². The summed E-state index contributed by atoms with van der Waals surface area (Å²) < 4.78 is 1.05. The molecule has 0 aliphatic heterocycles. The summed E-state index contributed by atoms with van der Waals surface area (Å²) in [5.41, 5.74) is 4.84. The van der Waals surface area contributed by atoms with Gasteiger partial charge >= 0.3 is 0 Å². The largest absolute Gasteiger partial charge is 0.411 e. The number of aryl methyl sites for hydroxylation is 1. The van der Waals surface area contributed by atoms with E-state index in [0.717, 1.165) is 50.5 Å². The van der Waals surface area contributed by atoms with Crippen molar-refractivity contribution in [2.24, 2.45) is 5.16 Å². The van der Waals surface area contributed by atoms with Crippen LogP contribution in [0.15, 0.2) is 41.8 Å². The summed E-state index contributed by atoms with van der Waals surface area (Å²) >= 11 is 1.55. The van der Waals surface area contributed by atoms with Crippen molar-refractivity contribution in [3.05, 3.63) is 52.7 Å². The van der Waals surface area contributed by atoms with Gasteiger partial charge in [0.15, 0.2) is 0 Å². The minimum absolute atomic E-state index is 0.00601. The van der Waals surface area contributed by atoms with Crippen LogP contribution in [0.25, 0.3) is 10.1 Å². The highest BCUT2D eigenvalue weighted by molar-refractivity contribution is 7.19. The third-order valence-electron chi connectivity index (χ3n) is 4.15. The zero-order valence-corrected chi connectivity index (χ0v) is 13.1. The van der Waals surface area contributed by atoms with E-state index in [4.69, 9.17) is 5.21 Å². The maximum atomic E-state index is 9.63. The Bertz CT molecular complexity index is 917. The normalized spacial score (nSPS) is 15.3. The maximum absolute atomic E-state index is 9.63. The molecular weight excluding hydrogens is 310 g/mol. The van der Waals surface area contributed by atoms with Crippen LogP contribution < -0.4 is 5.32 Å². The first kappa shape index (κ1) is 14.2. The second kappa shape index (κ2) is 5.64. The number of benzene rings is 1. The average molecular weight is 325 g/mol. The van der Waals surface area contributed by atoms with E-state index in [2.05, 4.69) is 21.5 Å². The van der Waals surface area contributed by atoms with Crippen LogP contribution in [0.2, 0.25) is 0 Å². The number of aliphatic hydroxyl groups is 1. The fraction of sp³-hybridized carbons (Fsp3) is 0.176. The molecule has 0 fully saturated rings. The highest BCUT2D eigenvalue weighted by Crippen LogP contribution is 2.37. The molecular formula is C17H15N3O2S. The van der Waals surface area contributed by atoms with Crippen LogP contribution in [-0.4, -0.2) is 21.0 Å². The number of oxime groups is 1. The number of aliphatic hydroxyl groups excluding tert-OH is 1. The fourth-order valence-electron chi connectivity index (χ4n) is 3.05. The van der Waals surface area contributed by atoms with Crippen LogP contribution in [0.3, 0.4) is 0 Å². The molecule has 2 aromatic heterocycles. The molecule has 3 aromatic rings. The Morgan fingerprint density at radius 2 is 2.17 bits per heavy atom. The van der Waals surface area contributed by atoms with Gasteiger partial charge in [0.25, 0.3) is 0 Å². The predicted octanol–water partition coefficient (Wildman–Crippen LogP) is 3.66. The van der Waals surface area contributed by atoms with Gasteiger partial charge in [0.1, 0.15) is 0 Å². The van der Waals surface area contributed by atoms with Crippen LogP contribution in [0.1, 0.15) is 22.4 Å². The molecule has 116 valence electrons. The number of thiophene rings is 1. The van der Waals surface area contributed by atoms with Crippen molar-refractivity contribution in [3.8, 4) is 0 Å². The van der Waals surface area contributed by atoms with E-state index in [0.29, 0.717) is 0 Å². The molecule has 4 rings (SSSR count). The molecule has 0 bridgehead atoms. The Kier molecular flexibility index (Phi) is 3.48. The van der Waals surface area contributed by atoms with E-state index in [1.165, 1.54) is 5.56 Å². The maximum Gasteiger partial charge on any atom is 0.0873 e. The lowest BCUT2D eigenvalue weighted by Crippen LogP contribution is -1.96. The number of anilines is 2. The standard InChI is InChI=1S/C17H15N3O2S/c21-9-16-17(13-5-6-18-8-15(13)23-16)19-11-2-3-12-10(7-11)1-4-14(12)20-22/h2-3,5-8,19,21-22H,1,4,9H2. The third-order valence-corrected chi connectivity index (χ3v) is 5.27. The highest BCUT2D eigenvalue weighted by atomic mass is 32.1. The monoisotopic (exact) mass is 325 g/mol. The fourth-order valence-corrected chi connectivity index (χ4v) is 4.03. The van der Waals surface area contributed by atoms with Crippen molar-refractivity contribution in [2.75, 3.05) is 5.32 Å². The number of fused-ring (bicyclic) bond motifs is 2. The smallest absolute Gasteiger partial charge is 0.0873 e. The predicted molar refractivity (Wildman–Crippen MR) is 91.9 cm³/mol. The molecule has 5 nitrogen and oxygen atoms in total. The Morgan fingerprint density at radius 1 is 1.26 bits per heavy atom. The Hall–Kier alpha value is -2.44. The molecule has 0 radical (unpaired) electrons. The van der Waals surface area contributed by atoms with Gasteiger partial charge in [0.05, 0.1) is 27.6 Å². The summed E-state index contributed by atoms with van der Waals surface area (Å²) in [5, 5.41) is 26.5. The number of nitrogens with one attached hydrogen (secondary N) is 1. The van der Waals surface area contributed by atoms with E-state index in [1.54, 1.807) is 17.5 Å². The van der Waals surface area contributed by atoms with Gasteiger partial charge in [-0.3, -0.25) is 4.98 Å². The van der Waals surface area contributed by atoms with Crippen LogP contribution >= 0.6 is 11.3 Å². The van der Waals surface area contributed by atoms with Crippen LogP contribution in [0.4, 0.5) is 11.4 Å². The van der Waals surface area contributed by atoms with Crippen molar-refractivity contribution in [2.45, 2.75) is 19.4 Å². The lowest BCUT2D eigenvalue weighted by atomic mass is 10.1. The second-order valence-electron chi connectivity index (χ2n) is 5.47. The SMILES string of the molecule is OCc1sc2cnccc2c1Nc1ccc2c(c1)CCC2=NO. The molecule has 2 heterocycles. The molecule has 23 heavy (non-hydrogen) atoms. The number of rotatable bonds is 3. The van der Waals surface area contributed by atoms with Crippen molar-refractivity contribution < 1.29 is 10.3 Å². The number of hydrogen-bond acceptors (Lipinski definition) is 6. The lowest BCUT2D eigenvalue weighted by Gasteiger charge is -2.09. The summed E-state index contributed by atoms with van der Waals surface area (Å²) in [5.74, 6) is 0. The molecule has 3 N–H and O–H groups in total. The molecule has 1 aliphatic carbocycles. The molecule has 1 aliphatic rings. The van der Waals surface area contributed by atoms with Gasteiger partial charge in [-0.25, -0.2) is 0 Å². The molecule has 0 atom stereocenters. The molecule has 0 spiro atoms. The topological polar surface area (TPSA) is 77.7 Å². The van der Waals surface area contributed by atoms with E-state index in [-0.39, 0.29) is 6.61 Å². The zero-order chi connectivity index (χ0) is 15.8. The van der Waals surface area contributed by atoms with Gasteiger partial charge in [-0.2, -0.15) is 0 Å². The van der Waals surface area contributed by atoms with Gasteiger partial charge in [-0.15, -0.1) is 11.3 Å². The Balaban J connectivity index is 1.74. The second-order valence-corrected chi connectivity index (χ2v) is 6.61. The summed E-state index contributed by atoms with van der Waals surface area (Å²) in [6, 6.07) is 7.99. The number of aromatic nitrogens is 1. The Morgan fingerprint density at radius 3 is 3.00 bits per heavy atom. The number of nitrogens with zero attached hydrogens (tertiary/aromatic N) is 2. The van der Waals surface area contributed by atoms with Crippen LogP contribution in [-0.2, 0) is 13.0 Å². The lowest BCUT2D eigenvalue weighted by molar-refractivity contribution is 0.286. The summed E-state index contributed by atoms with van der Waals surface area (Å²) in [6.07, 6.45) is 5.22. The summed E-state index contributed by atoms with van der Waals surface area (Å²) in [7, 11) is 0. The van der Waals surface area contributed by atoms with Crippen molar-refractivity contribution >= 4 is 38.5 Å². The zero-order valence-electron chi connectivity index (χ0n) is 12.3. The van der Waals surface area contributed by atoms with Gasteiger partial charge in [-0.1, -0.05) is 11.2 Å². The number of hydrogen-bond donors (Lipinski definition) is 3. The summed E-state index contributed by atoms with van der Waals surface area (Å²) in [6.45, 7) is -0.00601. The minimum Gasteiger partial charge on any atom is -0.411 e.